The molecule has 1 aliphatic heterocycles. The number of rotatable bonds is 4. The van der Waals surface area contributed by atoms with E-state index in [0.29, 0.717) is 42.1 Å². The van der Waals surface area contributed by atoms with E-state index in [1.54, 1.807) is 0 Å². The van der Waals surface area contributed by atoms with E-state index in [9.17, 15) is 14.4 Å². The van der Waals surface area contributed by atoms with Crippen LogP contribution in [0.5, 0.6) is 0 Å². The molecule has 1 fully saturated rings. The van der Waals surface area contributed by atoms with Crippen molar-refractivity contribution in [2.24, 2.45) is 11.7 Å². The van der Waals surface area contributed by atoms with Gasteiger partial charge in [-0.05, 0) is 49.1 Å². The van der Waals surface area contributed by atoms with Gasteiger partial charge >= 0.3 is 0 Å². The van der Waals surface area contributed by atoms with Crippen molar-refractivity contribution in [3.63, 3.8) is 0 Å². The van der Waals surface area contributed by atoms with E-state index < -0.39 is 5.91 Å². The number of thiophene rings is 1. The van der Waals surface area contributed by atoms with Gasteiger partial charge in [-0.2, -0.15) is 0 Å². The number of nitrogens with one attached hydrogen (secondary N) is 1. The van der Waals surface area contributed by atoms with Crippen LogP contribution in [-0.4, -0.2) is 35.7 Å². The third kappa shape index (κ3) is 4.05. The van der Waals surface area contributed by atoms with Crippen LogP contribution in [0, 0.1) is 19.8 Å². The van der Waals surface area contributed by atoms with Crippen LogP contribution in [0.25, 0.3) is 10.8 Å². The Morgan fingerprint density at radius 2 is 1.71 bits per heavy atom. The van der Waals surface area contributed by atoms with Gasteiger partial charge in [-0.25, -0.2) is 0 Å². The first-order valence-electron chi connectivity index (χ1n) is 10.3. The van der Waals surface area contributed by atoms with E-state index in [1.807, 2.05) is 61.2 Å². The highest BCUT2D eigenvalue weighted by molar-refractivity contribution is 7.16. The molecule has 0 atom stereocenters. The Bertz CT molecular complexity index is 1170. The second kappa shape index (κ2) is 8.51. The van der Waals surface area contributed by atoms with Gasteiger partial charge in [-0.1, -0.05) is 36.4 Å². The van der Waals surface area contributed by atoms with Crippen molar-refractivity contribution < 1.29 is 14.4 Å². The van der Waals surface area contributed by atoms with Crippen LogP contribution in [0.4, 0.5) is 5.00 Å². The molecule has 7 heteroatoms. The molecule has 0 unspecified atom stereocenters. The maximum atomic E-state index is 13.1. The van der Waals surface area contributed by atoms with Crippen molar-refractivity contribution in [1.82, 2.24) is 4.90 Å². The number of carbonyl (C=O) groups is 3. The summed E-state index contributed by atoms with van der Waals surface area (Å²) in [6.45, 7) is 4.77. The summed E-state index contributed by atoms with van der Waals surface area (Å²) in [4.78, 5) is 40.5. The molecule has 2 aromatic carbocycles. The second-order valence-corrected chi connectivity index (χ2v) is 9.16. The molecule has 160 valence electrons. The number of anilines is 1. The molecule has 4 rings (SSSR count). The number of nitrogens with zero attached hydrogens (tertiary/aromatic N) is 1. The highest BCUT2D eigenvalue weighted by Gasteiger charge is 2.29. The lowest BCUT2D eigenvalue weighted by Crippen LogP contribution is -2.41. The first kappa shape index (κ1) is 21.1. The first-order valence-corrected chi connectivity index (χ1v) is 11.2. The smallest absolute Gasteiger partial charge is 0.254 e. The zero-order valence-electron chi connectivity index (χ0n) is 17.6. The fourth-order valence-electron chi connectivity index (χ4n) is 4.15. The normalized spacial score (nSPS) is 14.6. The molecular weight excluding hydrogens is 410 g/mol. The number of carbonyl (C=O) groups excluding carboxylic acids is 3. The van der Waals surface area contributed by atoms with Crippen LogP contribution in [-0.2, 0) is 4.79 Å². The number of amides is 3. The van der Waals surface area contributed by atoms with Crippen molar-refractivity contribution >= 4 is 44.8 Å². The van der Waals surface area contributed by atoms with Crippen molar-refractivity contribution in [2.45, 2.75) is 26.7 Å². The van der Waals surface area contributed by atoms with E-state index in [2.05, 4.69) is 5.32 Å². The number of hydrogen-bond donors (Lipinski definition) is 2. The third-order valence-corrected chi connectivity index (χ3v) is 7.16. The number of piperidine rings is 1. The molecule has 0 radical (unpaired) electrons. The average molecular weight is 436 g/mol. The molecule has 0 saturated carbocycles. The fourth-order valence-corrected chi connectivity index (χ4v) is 5.22. The maximum Gasteiger partial charge on any atom is 0.254 e. The number of likely N-dealkylation sites (tertiary alicyclic amines) is 1. The summed E-state index contributed by atoms with van der Waals surface area (Å²) in [6, 6.07) is 13.6. The van der Waals surface area contributed by atoms with Crippen molar-refractivity contribution in [3.05, 3.63) is 64.0 Å². The zero-order valence-corrected chi connectivity index (χ0v) is 18.4. The molecule has 3 amide bonds. The van der Waals surface area contributed by atoms with Gasteiger partial charge in [0.1, 0.15) is 5.00 Å². The predicted molar refractivity (Wildman–Crippen MR) is 124 cm³/mol. The summed E-state index contributed by atoms with van der Waals surface area (Å²) in [7, 11) is 0. The Labute approximate surface area is 185 Å². The Morgan fingerprint density at radius 3 is 2.42 bits per heavy atom. The van der Waals surface area contributed by atoms with Gasteiger partial charge in [-0.15, -0.1) is 11.3 Å². The van der Waals surface area contributed by atoms with Crippen molar-refractivity contribution in [1.29, 1.82) is 0 Å². The number of hydrogen-bond acceptors (Lipinski definition) is 4. The minimum absolute atomic E-state index is 0.00354. The van der Waals surface area contributed by atoms with Crippen LogP contribution >= 0.6 is 11.3 Å². The fraction of sp³-hybridized carbons (Fsp3) is 0.292. The predicted octanol–water partition coefficient (Wildman–Crippen LogP) is 4.11. The minimum atomic E-state index is -0.535. The van der Waals surface area contributed by atoms with E-state index in [1.165, 1.54) is 11.3 Å². The summed E-state index contributed by atoms with van der Waals surface area (Å²) in [5.74, 6) is -0.871. The lowest BCUT2D eigenvalue weighted by Gasteiger charge is -2.31. The molecule has 2 heterocycles. The minimum Gasteiger partial charge on any atom is -0.365 e. The summed E-state index contributed by atoms with van der Waals surface area (Å²) in [6.07, 6.45) is 1.16. The van der Waals surface area contributed by atoms with E-state index in [-0.39, 0.29) is 17.7 Å². The molecule has 0 bridgehead atoms. The number of benzene rings is 2. The van der Waals surface area contributed by atoms with Crippen LogP contribution in [0.15, 0.2) is 42.5 Å². The van der Waals surface area contributed by atoms with Crippen molar-refractivity contribution in [3.8, 4) is 0 Å². The van der Waals surface area contributed by atoms with Gasteiger partial charge in [0, 0.05) is 29.4 Å². The van der Waals surface area contributed by atoms with Crippen LogP contribution < -0.4 is 11.1 Å². The molecule has 31 heavy (non-hydrogen) atoms. The van der Waals surface area contributed by atoms with Gasteiger partial charge in [0.2, 0.25) is 5.91 Å². The lowest BCUT2D eigenvalue weighted by atomic mass is 9.94. The monoisotopic (exact) mass is 435 g/mol. The summed E-state index contributed by atoms with van der Waals surface area (Å²) in [5.41, 5.74) is 7.39. The number of fused-ring (bicyclic) bond motifs is 1. The lowest BCUT2D eigenvalue weighted by molar-refractivity contribution is -0.121. The van der Waals surface area contributed by atoms with Gasteiger partial charge < -0.3 is 16.0 Å². The standard InChI is InChI=1S/C24H25N3O3S/c1-14-15(2)31-23(20(14)21(25)28)26-22(29)17-10-12-27(13-11-17)24(30)19-9-5-7-16-6-3-4-8-18(16)19/h3-9,17H,10-13H2,1-2H3,(H2,25,28)(H,26,29). The molecule has 1 saturated heterocycles. The average Bonchev–Trinajstić information content (AvgIpc) is 3.06. The molecule has 3 N–H and O–H groups in total. The number of aryl methyl sites for hydroxylation is 1. The van der Waals surface area contributed by atoms with Crippen LogP contribution in [0.3, 0.4) is 0 Å². The van der Waals surface area contributed by atoms with Gasteiger partial charge in [0.25, 0.3) is 11.8 Å². The largest absolute Gasteiger partial charge is 0.365 e. The molecular formula is C24H25N3O3S. The summed E-state index contributed by atoms with van der Waals surface area (Å²) < 4.78 is 0. The third-order valence-electron chi connectivity index (χ3n) is 6.04. The summed E-state index contributed by atoms with van der Waals surface area (Å²) >= 11 is 1.37. The van der Waals surface area contributed by atoms with Crippen molar-refractivity contribution in [2.75, 3.05) is 18.4 Å². The summed E-state index contributed by atoms with van der Waals surface area (Å²) in [5, 5.41) is 5.39. The topological polar surface area (TPSA) is 92.5 Å². The molecule has 0 aliphatic carbocycles. The Hall–Kier alpha value is -3.19. The molecule has 6 nitrogen and oxygen atoms in total. The number of nitrogens with two attached hydrogens (primary N) is 1. The van der Waals surface area contributed by atoms with E-state index >= 15 is 0 Å². The Balaban J connectivity index is 1.43. The highest BCUT2D eigenvalue weighted by atomic mass is 32.1. The van der Waals surface area contributed by atoms with Gasteiger partial charge in [-0.3, -0.25) is 14.4 Å². The van der Waals surface area contributed by atoms with Crippen LogP contribution in [0.2, 0.25) is 0 Å². The SMILES string of the molecule is Cc1sc(NC(=O)C2CCN(C(=O)c3cccc4ccccc34)CC2)c(C(N)=O)c1C. The van der Waals surface area contributed by atoms with Crippen LogP contribution in [0.1, 0.15) is 44.0 Å². The first-order chi connectivity index (χ1) is 14.9. The Morgan fingerprint density at radius 1 is 1.03 bits per heavy atom. The molecule has 0 spiro atoms. The highest BCUT2D eigenvalue weighted by Crippen LogP contribution is 2.33. The quantitative estimate of drug-likeness (QED) is 0.646. The molecule has 1 aliphatic rings. The van der Waals surface area contributed by atoms with Gasteiger partial charge in [0.15, 0.2) is 0 Å². The zero-order chi connectivity index (χ0) is 22.1. The van der Waals surface area contributed by atoms with E-state index in [0.717, 1.165) is 21.2 Å². The molecule has 3 aromatic rings. The maximum absolute atomic E-state index is 13.1. The Kier molecular flexibility index (Phi) is 5.78. The number of primary amides is 1. The second-order valence-electron chi connectivity index (χ2n) is 7.93. The van der Waals surface area contributed by atoms with Gasteiger partial charge in [0.05, 0.1) is 5.56 Å². The molecule has 1 aromatic heterocycles. The van der Waals surface area contributed by atoms with E-state index in [4.69, 9.17) is 5.73 Å².